The van der Waals surface area contributed by atoms with Crippen LogP contribution in [0.5, 0.6) is 0 Å². The van der Waals surface area contributed by atoms with Crippen molar-refractivity contribution in [2.24, 2.45) is 33.7 Å². The number of fused-ring (bicyclic) bond motifs is 5. The summed E-state index contributed by atoms with van der Waals surface area (Å²) in [5, 5.41) is 25.8. The first-order valence-electron chi connectivity index (χ1n) is 10.9. The molecule has 160 valence electrons. The number of Topliss-reactive ketones (excluding diaryl/α,β-unsaturated/α-hetero) is 1. The first kappa shape index (κ1) is 20.6. The Morgan fingerprint density at radius 2 is 1.90 bits per heavy atom. The molecule has 0 aromatic rings. The number of carboxylic acid groups (broad SMARTS) is 1. The molecule has 0 unspecified atom stereocenters. The molecular weight excluding hydrogens is 370 g/mol. The third kappa shape index (κ3) is 2.97. The molecule has 0 aromatic carbocycles. The van der Waals surface area contributed by atoms with Crippen LogP contribution in [-0.2, 0) is 14.4 Å². The maximum Gasteiger partial charge on any atom is 0.161 e. The lowest BCUT2D eigenvalue weighted by Crippen LogP contribution is -2.57. The zero-order valence-electron chi connectivity index (χ0n) is 17.7. The van der Waals surface area contributed by atoms with Gasteiger partial charge in [-0.15, -0.1) is 0 Å². The monoisotopic (exact) mass is 402 g/mol. The van der Waals surface area contributed by atoms with Crippen molar-refractivity contribution < 1.29 is 24.6 Å². The summed E-state index contributed by atoms with van der Waals surface area (Å²) >= 11 is 0. The van der Waals surface area contributed by atoms with Crippen LogP contribution in [0, 0.1) is 28.6 Å². The van der Waals surface area contributed by atoms with E-state index in [1.165, 1.54) is 5.57 Å². The van der Waals surface area contributed by atoms with E-state index in [1.54, 1.807) is 6.92 Å². The molecule has 0 bridgehead atoms. The fourth-order valence-electron chi connectivity index (χ4n) is 7.41. The second kappa shape index (κ2) is 6.93. The minimum absolute atomic E-state index is 0.0707. The Labute approximate surface area is 172 Å². The van der Waals surface area contributed by atoms with E-state index in [9.17, 15) is 19.8 Å². The largest absolute Gasteiger partial charge is 0.546 e. The van der Waals surface area contributed by atoms with Gasteiger partial charge in [-0.3, -0.25) is 4.79 Å². The van der Waals surface area contributed by atoms with E-state index in [2.05, 4.69) is 25.1 Å². The Morgan fingerprint density at radius 3 is 2.59 bits per heavy atom. The molecule has 0 amide bonds. The summed E-state index contributed by atoms with van der Waals surface area (Å²) in [6, 6.07) is 0. The second-order valence-electron chi connectivity index (χ2n) is 10.1. The van der Waals surface area contributed by atoms with Gasteiger partial charge < -0.3 is 19.8 Å². The van der Waals surface area contributed by atoms with Gasteiger partial charge in [0.05, 0.1) is 11.7 Å². The summed E-state index contributed by atoms with van der Waals surface area (Å²) in [5.74, 6) is 0.154. The van der Waals surface area contributed by atoms with Crippen LogP contribution in [0.1, 0.15) is 72.1 Å². The Hall–Kier alpha value is -1.69. The predicted octanol–water partition coefficient (Wildman–Crippen LogP) is 2.39. The van der Waals surface area contributed by atoms with E-state index >= 15 is 0 Å². The summed E-state index contributed by atoms with van der Waals surface area (Å²) < 4.78 is 0. The first-order chi connectivity index (χ1) is 13.6. The van der Waals surface area contributed by atoms with Crippen molar-refractivity contribution >= 4 is 17.5 Å². The molecule has 4 rings (SSSR count). The number of nitrogens with zero attached hydrogens (tertiary/aromatic N) is 1. The minimum atomic E-state index is -1.27. The molecule has 1 N–H and O–H groups in total. The van der Waals surface area contributed by atoms with Gasteiger partial charge in [0.2, 0.25) is 0 Å². The van der Waals surface area contributed by atoms with E-state index < -0.39 is 18.2 Å². The van der Waals surface area contributed by atoms with Crippen LogP contribution in [0.15, 0.2) is 16.8 Å². The van der Waals surface area contributed by atoms with Gasteiger partial charge in [0.1, 0.15) is 5.60 Å². The van der Waals surface area contributed by atoms with Crippen LogP contribution in [0.3, 0.4) is 0 Å². The summed E-state index contributed by atoms with van der Waals surface area (Å²) in [7, 11) is 0. The fourth-order valence-corrected chi connectivity index (χ4v) is 7.41. The molecule has 0 heterocycles. The topological polar surface area (TPSA) is 99.0 Å². The molecule has 0 saturated heterocycles. The van der Waals surface area contributed by atoms with Crippen molar-refractivity contribution in [3.05, 3.63) is 11.6 Å². The number of ketones is 1. The Bertz CT molecular complexity index is 788. The van der Waals surface area contributed by atoms with Crippen molar-refractivity contribution in [1.82, 2.24) is 0 Å². The van der Waals surface area contributed by atoms with Gasteiger partial charge in [0, 0.05) is 5.41 Å². The maximum absolute atomic E-state index is 12.3. The molecule has 6 atom stereocenters. The highest BCUT2D eigenvalue weighted by Crippen LogP contribution is 2.67. The second-order valence-corrected chi connectivity index (χ2v) is 10.1. The van der Waals surface area contributed by atoms with E-state index in [-0.39, 0.29) is 16.6 Å². The molecule has 3 fully saturated rings. The van der Waals surface area contributed by atoms with Crippen molar-refractivity contribution in [1.29, 1.82) is 0 Å². The number of aliphatic carboxylic acids is 1. The Morgan fingerprint density at radius 1 is 1.17 bits per heavy atom. The Kier molecular flexibility index (Phi) is 4.92. The van der Waals surface area contributed by atoms with Gasteiger partial charge in [0.15, 0.2) is 12.4 Å². The smallest absolute Gasteiger partial charge is 0.161 e. The normalized spacial score (nSPS) is 45.0. The number of aliphatic hydroxyl groups is 1. The molecule has 0 radical (unpaired) electrons. The lowest BCUT2D eigenvalue weighted by Gasteiger charge is -2.59. The van der Waals surface area contributed by atoms with Gasteiger partial charge >= 0.3 is 0 Å². The van der Waals surface area contributed by atoms with Gasteiger partial charge in [-0.2, -0.15) is 0 Å². The average Bonchev–Trinajstić information content (AvgIpc) is 2.94. The summed E-state index contributed by atoms with van der Waals surface area (Å²) in [6.45, 7) is 5.54. The number of rotatable bonds is 4. The predicted molar refractivity (Wildman–Crippen MR) is 106 cm³/mol. The molecule has 6 heteroatoms. The van der Waals surface area contributed by atoms with Crippen molar-refractivity contribution in [3.63, 3.8) is 0 Å². The molecule has 0 aromatic heterocycles. The number of carbonyl (C=O) groups is 2. The van der Waals surface area contributed by atoms with Crippen molar-refractivity contribution in [2.45, 2.75) is 77.7 Å². The molecular formula is C23H32NO5-. The minimum Gasteiger partial charge on any atom is -0.546 e. The summed E-state index contributed by atoms with van der Waals surface area (Å²) in [6.07, 6.45) is 9.40. The number of carbonyl (C=O) groups excluding carboxylic acids is 2. The highest BCUT2D eigenvalue weighted by atomic mass is 16.6. The lowest BCUT2D eigenvalue weighted by molar-refractivity contribution is -0.309. The maximum atomic E-state index is 12.3. The van der Waals surface area contributed by atoms with E-state index in [0.717, 1.165) is 50.7 Å². The van der Waals surface area contributed by atoms with Crippen molar-refractivity contribution in [3.8, 4) is 0 Å². The van der Waals surface area contributed by atoms with Gasteiger partial charge in [-0.05, 0) is 87.5 Å². The van der Waals surface area contributed by atoms with E-state index in [0.29, 0.717) is 24.2 Å². The van der Waals surface area contributed by atoms with E-state index in [1.807, 2.05) is 0 Å². The molecule has 0 spiro atoms. The quantitative estimate of drug-likeness (QED) is 0.728. The number of carboxylic acids is 1. The third-order valence-electron chi connectivity index (χ3n) is 9.08. The van der Waals surface area contributed by atoms with Crippen LogP contribution in [-0.4, -0.2) is 34.8 Å². The molecule has 29 heavy (non-hydrogen) atoms. The highest BCUT2D eigenvalue weighted by Gasteiger charge is 2.65. The van der Waals surface area contributed by atoms with Gasteiger partial charge in [0.25, 0.3) is 0 Å². The van der Waals surface area contributed by atoms with Crippen LogP contribution in [0.25, 0.3) is 0 Å². The molecule has 4 aliphatic rings. The Balaban J connectivity index is 1.57. The van der Waals surface area contributed by atoms with Gasteiger partial charge in [-0.1, -0.05) is 24.6 Å². The number of hydrogen-bond donors (Lipinski definition) is 1. The zero-order chi connectivity index (χ0) is 21.0. The molecule has 3 saturated carbocycles. The highest BCUT2D eigenvalue weighted by molar-refractivity contribution is 5.96. The van der Waals surface area contributed by atoms with E-state index in [4.69, 9.17) is 4.84 Å². The standard InChI is InChI=1S/C23H33NO5/c1-14(25)23(28)11-8-19-17-5-4-15-12-16(24-29-13-20(26)27)6-9-21(15,2)18(17)7-10-22(19,23)3/h12,17-19,28H,4-11,13H2,1-3H3,(H,26,27)/p-1/t17-,18-,19-,21-,22-,23-/m0/s1. The zero-order valence-corrected chi connectivity index (χ0v) is 17.7. The number of oxime groups is 1. The summed E-state index contributed by atoms with van der Waals surface area (Å²) in [4.78, 5) is 27.7. The lowest BCUT2D eigenvalue weighted by atomic mass is 9.46. The first-order valence-corrected chi connectivity index (χ1v) is 10.9. The van der Waals surface area contributed by atoms with Gasteiger partial charge in [-0.25, -0.2) is 0 Å². The van der Waals surface area contributed by atoms with Crippen molar-refractivity contribution in [2.75, 3.05) is 6.61 Å². The average molecular weight is 403 g/mol. The summed E-state index contributed by atoms with van der Waals surface area (Å²) in [5.41, 5.74) is 0.836. The molecule has 0 aliphatic heterocycles. The third-order valence-corrected chi connectivity index (χ3v) is 9.08. The fraction of sp³-hybridized carbons (Fsp3) is 0.783. The van der Waals surface area contributed by atoms with Crippen LogP contribution < -0.4 is 5.11 Å². The van der Waals surface area contributed by atoms with Crippen LogP contribution >= 0.6 is 0 Å². The molecule has 4 aliphatic carbocycles. The van der Waals surface area contributed by atoms with Crippen LogP contribution in [0.4, 0.5) is 0 Å². The van der Waals surface area contributed by atoms with Crippen LogP contribution in [0.2, 0.25) is 0 Å². The number of allylic oxidation sites excluding steroid dienone is 2. The molecule has 6 nitrogen and oxygen atoms in total. The SMILES string of the molecule is CC(=O)[C@@]1(O)CC[C@H]2[C@H]3CCC4=CC(=NOCC(=O)[O-])CC[C@]4(C)[C@H]3CC[C@@]21C. The number of hydrogen-bond acceptors (Lipinski definition) is 6.